The van der Waals surface area contributed by atoms with Crippen LogP contribution in [-0.4, -0.2) is 88.5 Å². The Labute approximate surface area is 610 Å². The minimum absolute atomic E-state index is 0.0489. The topological polar surface area (TPSA) is 243 Å². The largest absolute Gasteiger partial charge is 0.449 e. The van der Waals surface area contributed by atoms with Crippen LogP contribution in [-0.2, 0) is 38.6 Å². The van der Waals surface area contributed by atoms with Gasteiger partial charge in [0.25, 0.3) is 8.81 Å². The molecule has 0 saturated heterocycles. The number of aromatic amines is 1. The Morgan fingerprint density at radius 3 is 1.21 bits per heavy atom. The Bertz CT molecular complexity index is 4020. The molecule has 5 heterocycles. The first kappa shape index (κ1) is 77.2. The summed E-state index contributed by atoms with van der Waals surface area (Å²) in [5.41, 5.74) is 17.1. The number of rotatable bonds is 13. The van der Waals surface area contributed by atoms with Gasteiger partial charge in [-0.05, 0) is 187 Å². The number of alkyl halides is 1. The van der Waals surface area contributed by atoms with E-state index in [1.165, 1.54) is 56.1 Å². The molecule has 10 aromatic rings. The van der Waals surface area contributed by atoms with Crippen molar-refractivity contribution in [3.05, 3.63) is 276 Å². The van der Waals surface area contributed by atoms with Gasteiger partial charge in [0.1, 0.15) is 27.0 Å². The summed E-state index contributed by atoms with van der Waals surface area (Å²) < 4.78 is 21.2. The van der Waals surface area contributed by atoms with Crippen LogP contribution in [0.2, 0.25) is 0 Å². The Hall–Kier alpha value is -6.83. The number of H-pyrrole nitrogens is 1. The number of hydrogen-bond donors (Lipinski definition) is 3. The minimum atomic E-state index is -2.20. The SMILES string of the molecule is BrCc1ccc(Br)nn1.C=C.CCc1ccccc1-c1ccc(C[C@@H](C)NC(=O)OCC2c3ccccc3-c3ccccc32)nn1.C[C@H](Cc1ccc(Br)nn1)NC(=O)OCC1c2ccccc2-c2ccccc21.Cc1ccc(=O)[nH]n1.Cc1ccc(Br)nn1.O=P(Br)(Br)Br. The Morgan fingerprint density at radius 1 is 0.505 bits per heavy atom. The lowest BCUT2D eigenvalue weighted by Crippen LogP contribution is -2.35. The maximum absolute atomic E-state index is 12.6. The van der Waals surface area contributed by atoms with E-state index in [1.807, 2.05) is 137 Å². The normalized spacial score (nSPS) is 11.9. The van der Waals surface area contributed by atoms with Gasteiger partial charge >= 0.3 is 12.2 Å². The number of nitrogens with zero attached hydrogens (tertiary/aromatic N) is 9. The number of halogens is 7. The smallest absolute Gasteiger partial charge is 0.407 e. The Balaban J connectivity index is 0.000000208. The van der Waals surface area contributed by atoms with Crippen LogP contribution in [0, 0.1) is 13.8 Å². The predicted molar refractivity (Wildman–Crippen MR) is 401 cm³/mol. The van der Waals surface area contributed by atoms with E-state index in [1.54, 1.807) is 6.07 Å². The zero-order chi connectivity index (χ0) is 68.9. The summed E-state index contributed by atoms with van der Waals surface area (Å²) in [7, 11) is 0. The third kappa shape index (κ3) is 25.9. The van der Waals surface area contributed by atoms with Crippen LogP contribution in [0.1, 0.15) is 88.9 Å². The molecule has 3 N–H and O–H groups in total. The van der Waals surface area contributed by atoms with Gasteiger partial charge in [-0.2, -0.15) is 30.6 Å². The van der Waals surface area contributed by atoms with Gasteiger partial charge in [-0.15, -0.1) is 28.5 Å². The van der Waals surface area contributed by atoms with Crippen molar-refractivity contribution in [3.63, 3.8) is 0 Å². The number of aromatic nitrogens is 10. The molecule has 5 aromatic carbocycles. The molecule has 0 fully saturated rings. The van der Waals surface area contributed by atoms with E-state index in [2.05, 4.69) is 253 Å². The van der Waals surface area contributed by atoms with E-state index in [0.29, 0.717) is 30.7 Å². The van der Waals surface area contributed by atoms with Crippen molar-refractivity contribution in [3.8, 4) is 33.5 Å². The number of benzene rings is 5. The van der Waals surface area contributed by atoms with Crippen molar-refractivity contribution < 1.29 is 23.6 Å². The van der Waals surface area contributed by atoms with Crippen LogP contribution < -0.4 is 16.2 Å². The first-order valence-electron chi connectivity index (χ1n) is 29.5. The molecule has 0 radical (unpaired) electrons. The number of carbonyl (C=O) groups excluding carboxylic acids is 2. The van der Waals surface area contributed by atoms with Crippen molar-refractivity contribution in [2.24, 2.45) is 0 Å². The predicted octanol–water partition coefficient (Wildman–Crippen LogP) is 18.7. The molecule has 0 spiro atoms. The van der Waals surface area contributed by atoms with E-state index >= 15 is 0 Å². The fraction of sp³-hybridized carbons (Fsp3) is 0.217. The van der Waals surface area contributed by atoms with Crippen molar-refractivity contribution in [2.45, 2.75) is 83.1 Å². The Morgan fingerprint density at radius 2 is 0.874 bits per heavy atom. The lowest BCUT2D eigenvalue weighted by molar-refractivity contribution is 0.138. The maximum atomic E-state index is 12.6. The average molecular weight is 1750 g/mol. The molecule has 494 valence electrons. The van der Waals surface area contributed by atoms with Gasteiger partial charge in [-0.3, -0.25) is 9.36 Å². The third-order valence-electron chi connectivity index (χ3n) is 13.9. The first-order valence-corrected chi connectivity index (χ1v) is 40.8. The fourth-order valence-electron chi connectivity index (χ4n) is 9.77. The lowest BCUT2D eigenvalue weighted by Gasteiger charge is -2.17. The van der Waals surface area contributed by atoms with Gasteiger partial charge in [0.05, 0.1) is 34.2 Å². The summed E-state index contributed by atoms with van der Waals surface area (Å²) in [6.07, 6.45) is 1.28. The number of aryl methyl sites for hydroxylation is 3. The molecule has 0 unspecified atom stereocenters. The van der Waals surface area contributed by atoms with Gasteiger partial charge in [0, 0.05) is 100 Å². The fourth-order valence-corrected chi connectivity index (χ4v) is 10.7. The van der Waals surface area contributed by atoms with Gasteiger partial charge in [-0.1, -0.05) is 144 Å². The summed E-state index contributed by atoms with van der Waals surface area (Å²) in [5, 5.41) is 44.6. The molecule has 0 aliphatic heterocycles. The summed E-state index contributed by atoms with van der Waals surface area (Å²) >= 11 is 21.2. The van der Waals surface area contributed by atoms with E-state index in [0.717, 1.165) is 60.7 Å². The van der Waals surface area contributed by atoms with Crippen molar-refractivity contribution >= 4 is 126 Å². The number of ether oxygens (including phenoxy) is 2. The average Bonchev–Trinajstić information content (AvgIpc) is 1.63. The highest BCUT2D eigenvalue weighted by Crippen LogP contribution is 2.68. The van der Waals surface area contributed by atoms with Gasteiger partial charge in [-0.25, -0.2) is 14.7 Å². The van der Waals surface area contributed by atoms with E-state index in [-0.39, 0.29) is 29.5 Å². The zero-order valence-corrected chi connectivity index (χ0v) is 64.4. The highest BCUT2D eigenvalue weighted by Gasteiger charge is 2.31. The van der Waals surface area contributed by atoms with Crippen molar-refractivity contribution in [2.75, 3.05) is 13.2 Å². The first-order chi connectivity index (χ1) is 45.7. The highest BCUT2D eigenvalue weighted by molar-refractivity contribution is 9.94. The molecular weight excluding hydrogens is 1680 g/mol. The monoisotopic (exact) mass is 1740 g/mol. The van der Waals surface area contributed by atoms with Crippen LogP contribution in [0.15, 0.2) is 214 Å². The number of amides is 2. The quantitative estimate of drug-likeness (QED) is 0.0552. The summed E-state index contributed by atoms with van der Waals surface area (Å²) in [5.74, 6) is 0.110. The van der Waals surface area contributed by atoms with Crippen molar-refractivity contribution in [1.29, 1.82) is 0 Å². The van der Waals surface area contributed by atoms with Gasteiger partial charge in [0.2, 0.25) is 0 Å². The molecule has 0 bridgehead atoms. The molecule has 95 heavy (non-hydrogen) atoms. The number of carbonyl (C=O) groups is 2. The van der Waals surface area contributed by atoms with Gasteiger partial charge < -0.3 is 20.1 Å². The number of hydrogen-bond acceptors (Lipinski definition) is 15. The summed E-state index contributed by atoms with van der Waals surface area (Å²) in [6, 6.07) is 59.6. The van der Waals surface area contributed by atoms with E-state index in [4.69, 9.17) is 9.47 Å². The standard InChI is InChI=1S/C30H29N3O2.C22H20BrN3O2.C5H4Br2N2.C5H5BrN2.C5H6N2O.C2H4.Br3OP/c1-3-21-10-4-5-11-23(21)29-17-16-22(32-33-29)18-20(2)31-30(34)35-19-28-26-14-8-6-12-24(26)25-13-7-9-15-27(25)28;1-14(12-15-10-11-21(23)26-25-15)24-22(27)28-13-20-18-8-4-2-6-16(18)17-7-3-5-9-19(17)20;6-3-4-1-2-5(7)9-8-4;1-4-2-3-5(6)8-7-4;1-4-2-3-5(8)7-6-4;1-2;1-5(2,3)4/h4-17,20,28H,3,18-19H2,1-2H3,(H,31,34);2-11,14,20H,12-13H2,1H3,(H,24,27);1-2H,3H2;2-3H,1H3;2-3H,1H3,(H,7,8);1-2H2;/t20-;14-;;;;;/m11...../s1. The van der Waals surface area contributed by atoms with Gasteiger partial charge in [0.15, 0.2) is 0 Å². The molecule has 12 rings (SSSR count). The highest BCUT2D eigenvalue weighted by atomic mass is 80.0. The summed E-state index contributed by atoms with van der Waals surface area (Å²) in [6.45, 7) is 16.3. The number of alkyl carbamates (subject to hydrolysis) is 2. The molecule has 2 amide bonds. The minimum Gasteiger partial charge on any atom is -0.449 e. The molecule has 2 aliphatic rings. The molecule has 18 nitrogen and oxygen atoms in total. The molecule has 2 aliphatic carbocycles. The maximum Gasteiger partial charge on any atom is 0.407 e. The molecule has 26 heteroatoms. The third-order valence-corrected chi connectivity index (χ3v) is 15.8. The number of fused-ring (bicyclic) bond motifs is 6. The number of nitrogens with one attached hydrogen (secondary N) is 3. The molecule has 2 atom stereocenters. The molecule has 5 aromatic heterocycles. The lowest BCUT2D eigenvalue weighted by atomic mass is 9.98. The van der Waals surface area contributed by atoms with Crippen LogP contribution >= 0.6 is 113 Å². The van der Waals surface area contributed by atoms with Crippen LogP contribution in [0.3, 0.4) is 0 Å². The molecule has 0 saturated carbocycles. The van der Waals surface area contributed by atoms with Crippen LogP contribution in [0.4, 0.5) is 9.59 Å². The Kier molecular flexibility index (Phi) is 32.5. The second kappa shape index (κ2) is 40.0. The van der Waals surface area contributed by atoms with Crippen LogP contribution in [0.25, 0.3) is 33.5 Å². The van der Waals surface area contributed by atoms with E-state index < -0.39 is 15.4 Å². The van der Waals surface area contributed by atoms with Crippen LogP contribution in [0.5, 0.6) is 0 Å². The second-order valence-electron chi connectivity index (χ2n) is 20.9. The van der Waals surface area contributed by atoms with Crippen molar-refractivity contribution in [1.82, 2.24) is 61.6 Å². The zero-order valence-electron chi connectivity index (χ0n) is 52.4. The summed E-state index contributed by atoms with van der Waals surface area (Å²) in [4.78, 5) is 35.2. The second-order valence-corrected chi connectivity index (χ2v) is 42.2. The van der Waals surface area contributed by atoms with E-state index in [9.17, 15) is 18.9 Å². The molecular formula is C69H68Br7N12O6P.